The van der Waals surface area contributed by atoms with E-state index in [2.05, 4.69) is 6.92 Å². The van der Waals surface area contributed by atoms with Gasteiger partial charge in [-0.2, -0.15) is 0 Å². The van der Waals surface area contributed by atoms with Gasteiger partial charge < -0.3 is 14.5 Å². The Balaban J connectivity index is 2.01. The molecule has 2 heterocycles. The lowest BCUT2D eigenvalue weighted by atomic mass is 9.83. The first-order valence-corrected chi connectivity index (χ1v) is 8.75. The Morgan fingerprint density at radius 1 is 1.13 bits per heavy atom. The highest BCUT2D eigenvalue weighted by Crippen LogP contribution is 2.43. The van der Waals surface area contributed by atoms with Crippen LogP contribution in [0.5, 0.6) is 0 Å². The summed E-state index contributed by atoms with van der Waals surface area (Å²) in [6, 6.07) is 0. The fraction of sp³-hybridized carbons (Fsp3) is 0.882. The van der Waals surface area contributed by atoms with Crippen molar-refractivity contribution in [2.45, 2.75) is 47.1 Å². The number of carbonyl (C=O) groups is 2. The Kier molecular flexibility index (Phi) is 4.66. The second-order valence-electron chi connectivity index (χ2n) is 8.92. The summed E-state index contributed by atoms with van der Waals surface area (Å²) in [4.78, 5) is 28.6. The second-order valence-corrected chi connectivity index (χ2v) is 9.18. The quantitative estimate of drug-likeness (QED) is 0.724. The van der Waals surface area contributed by atoms with E-state index in [4.69, 9.17) is 16.3 Å². The zero-order valence-corrected chi connectivity index (χ0v) is 15.9. The number of hydrogen-bond acceptors (Lipinski definition) is 3. The number of amides is 2. The minimum atomic E-state index is -0.540. The summed E-state index contributed by atoms with van der Waals surface area (Å²) in [6.07, 6.45) is -0.257. The average molecular weight is 345 g/mol. The van der Waals surface area contributed by atoms with E-state index >= 15 is 0 Å². The van der Waals surface area contributed by atoms with Crippen molar-refractivity contribution in [3.63, 3.8) is 0 Å². The lowest BCUT2D eigenvalue weighted by Crippen LogP contribution is -2.44. The maximum atomic E-state index is 12.6. The van der Waals surface area contributed by atoms with E-state index in [1.54, 1.807) is 4.90 Å². The Labute approximate surface area is 144 Å². The monoisotopic (exact) mass is 344 g/mol. The molecule has 5 nitrogen and oxygen atoms in total. The smallest absolute Gasteiger partial charge is 0.410 e. The van der Waals surface area contributed by atoms with Crippen LogP contribution in [-0.2, 0) is 9.53 Å². The fourth-order valence-electron chi connectivity index (χ4n) is 3.45. The van der Waals surface area contributed by atoms with Crippen LogP contribution < -0.4 is 0 Å². The molecule has 132 valence electrons. The van der Waals surface area contributed by atoms with Gasteiger partial charge in [0.25, 0.3) is 0 Å². The highest BCUT2D eigenvalue weighted by molar-refractivity contribution is 6.19. The Hall–Kier alpha value is -0.970. The fourth-order valence-corrected chi connectivity index (χ4v) is 3.56. The number of hydrogen-bond donors (Lipinski definition) is 0. The molecule has 2 rings (SSSR count). The molecule has 2 atom stereocenters. The summed E-state index contributed by atoms with van der Waals surface area (Å²) in [6.45, 7) is 14.2. The SMILES string of the molecule is CC(C)(C)OC(=O)N1C[C@H]2CN(C(=O)C(C)(C)CCl)C[C@]2(C)C1. The molecular formula is C17H29ClN2O3. The van der Waals surface area contributed by atoms with Crippen LogP contribution in [0.15, 0.2) is 0 Å². The number of nitrogens with zero attached hydrogens (tertiary/aromatic N) is 2. The van der Waals surface area contributed by atoms with E-state index in [1.807, 2.05) is 39.5 Å². The van der Waals surface area contributed by atoms with Crippen molar-refractivity contribution in [2.75, 3.05) is 32.1 Å². The van der Waals surface area contributed by atoms with Gasteiger partial charge >= 0.3 is 6.09 Å². The van der Waals surface area contributed by atoms with Crippen molar-refractivity contribution in [2.24, 2.45) is 16.7 Å². The van der Waals surface area contributed by atoms with E-state index in [1.165, 1.54) is 0 Å². The van der Waals surface area contributed by atoms with Crippen molar-refractivity contribution in [1.29, 1.82) is 0 Å². The molecule has 0 unspecified atom stereocenters. The molecule has 0 aromatic rings. The van der Waals surface area contributed by atoms with E-state index in [0.29, 0.717) is 38.0 Å². The first-order valence-electron chi connectivity index (χ1n) is 8.21. The molecular weight excluding hydrogens is 316 g/mol. The maximum Gasteiger partial charge on any atom is 0.410 e. The van der Waals surface area contributed by atoms with Crippen LogP contribution in [-0.4, -0.2) is 59.5 Å². The lowest BCUT2D eigenvalue weighted by Gasteiger charge is -2.31. The van der Waals surface area contributed by atoms with Crippen LogP contribution in [0.1, 0.15) is 41.5 Å². The van der Waals surface area contributed by atoms with Crippen molar-refractivity contribution >= 4 is 23.6 Å². The number of likely N-dealkylation sites (tertiary alicyclic amines) is 2. The van der Waals surface area contributed by atoms with E-state index in [0.717, 1.165) is 0 Å². The van der Waals surface area contributed by atoms with Gasteiger partial charge in [-0.05, 0) is 34.6 Å². The zero-order valence-electron chi connectivity index (χ0n) is 15.1. The lowest BCUT2D eigenvalue weighted by molar-refractivity contribution is -0.138. The number of halogens is 1. The average Bonchev–Trinajstić information content (AvgIpc) is 2.87. The van der Waals surface area contributed by atoms with Gasteiger partial charge in [0, 0.05) is 43.4 Å². The van der Waals surface area contributed by atoms with Crippen LogP contribution >= 0.6 is 11.6 Å². The third-order valence-electron chi connectivity index (χ3n) is 4.82. The Bertz CT molecular complexity index is 501. The Morgan fingerprint density at radius 3 is 2.13 bits per heavy atom. The molecule has 2 aliphatic rings. The van der Waals surface area contributed by atoms with E-state index < -0.39 is 11.0 Å². The summed E-state index contributed by atoms with van der Waals surface area (Å²) in [5.74, 6) is 0.713. The van der Waals surface area contributed by atoms with E-state index in [-0.39, 0.29) is 17.4 Å². The van der Waals surface area contributed by atoms with Gasteiger partial charge in [-0.1, -0.05) is 6.92 Å². The molecule has 0 radical (unpaired) electrons. The van der Waals surface area contributed by atoms with Crippen LogP contribution in [0.25, 0.3) is 0 Å². The van der Waals surface area contributed by atoms with Gasteiger partial charge in [-0.3, -0.25) is 4.79 Å². The Morgan fingerprint density at radius 2 is 1.65 bits per heavy atom. The highest BCUT2D eigenvalue weighted by Gasteiger charge is 2.53. The first kappa shape index (κ1) is 18.4. The van der Waals surface area contributed by atoms with Crippen molar-refractivity contribution < 1.29 is 14.3 Å². The minimum absolute atomic E-state index is 0.0606. The molecule has 2 amide bonds. The number of alkyl halides is 1. The van der Waals surface area contributed by atoms with Gasteiger partial charge in [-0.15, -0.1) is 11.6 Å². The van der Waals surface area contributed by atoms with Crippen LogP contribution in [0.3, 0.4) is 0 Å². The highest BCUT2D eigenvalue weighted by atomic mass is 35.5. The summed E-state index contributed by atoms with van der Waals surface area (Å²) in [5, 5.41) is 0. The van der Waals surface area contributed by atoms with E-state index in [9.17, 15) is 9.59 Å². The molecule has 2 saturated heterocycles. The summed E-state index contributed by atoms with van der Waals surface area (Å²) in [7, 11) is 0. The number of carbonyl (C=O) groups excluding carboxylic acids is 2. The van der Waals surface area contributed by atoms with Crippen molar-refractivity contribution in [1.82, 2.24) is 9.80 Å². The molecule has 0 N–H and O–H groups in total. The van der Waals surface area contributed by atoms with Gasteiger partial charge in [0.15, 0.2) is 0 Å². The first-order chi connectivity index (χ1) is 10.4. The van der Waals surface area contributed by atoms with Crippen molar-refractivity contribution in [3.05, 3.63) is 0 Å². The maximum absolute atomic E-state index is 12.6. The molecule has 0 aliphatic carbocycles. The van der Waals surface area contributed by atoms with Crippen LogP contribution in [0.4, 0.5) is 4.79 Å². The standard InChI is InChI=1S/C17H29ClN2O3/c1-15(2,3)23-14(22)20-8-12-7-19(10-17(12,6)11-20)13(21)16(4,5)9-18/h12H,7-11H2,1-6H3/t12-,17-/m1/s1. The molecule has 0 spiro atoms. The minimum Gasteiger partial charge on any atom is -0.444 e. The van der Waals surface area contributed by atoms with Gasteiger partial charge in [0.05, 0.1) is 5.41 Å². The normalized spacial score (nSPS) is 28.0. The molecule has 2 fully saturated rings. The van der Waals surface area contributed by atoms with Crippen LogP contribution in [0.2, 0.25) is 0 Å². The molecule has 0 bridgehead atoms. The largest absolute Gasteiger partial charge is 0.444 e. The second kappa shape index (κ2) is 5.83. The third kappa shape index (κ3) is 3.76. The molecule has 0 aromatic carbocycles. The van der Waals surface area contributed by atoms with Gasteiger partial charge in [0.1, 0.15) is 5.60 Å². The van der Waals surface area contributed by atoms with Gasteiger partial charge in [-0.25, -0.2) is 4.79 Å². The molecule has 0 aromatic heterocycles. The predicted molar refractivity (Wildman–Crippen MR) is 90.5 cm³/mol. The molecule has 23 heavy (non-hydrogen) atoms. The number of rotatable bonds is 2. The number of fused-ring (bicyclic) bond motifs is 1. The number of ether oxygens (including phenoxy) is 1. The van der Waals surface area contributed by atoms with Crippen molar-refractivity contribution in [3.8, 4) is 0 Å². The summed E-state index contributed by atoms with van der Waals surface area (Å²) < 4.78 is 5.47. The third-order valence-corrected chi connectivity index (χ3v) is 5.49. The zero-order chi connectivity index (χ0) is 17.6. The van der Waals surface area contributed by atoms with Gasteiger partial charge in [0.2, 0.25) is 5.91 Å². The molecule has 0 saturated carbocycles. The molecule has 2 aliphatic heterocycles. The molecule has 6 heteroatoms. The predicted octanol–water partition coefficient (Wildman–Crippen LogP) is 2.97. The topological polar surface area (TPSA) is 49.9 Å². The summed E-state index contributed by atoms with van der Waals surface area (Å²) >= 11 is 5.93. The summed E-state index contributed by atoms with van der Waals surface area (Å²) in [5.41, 5.74) is -1.08. The van der Waals surface area contributed by atoms with Crippen LogP contribution in [0, 0.1) is 16.7 Å².